The van der Waals surface area contributed by atoms with Gasteiger partial charge in [-0.15, -0.1) is 11.3 Å². The summed E-state index contributed by atoms with van der Waals surface area (Å²) in [5.74, 6) is 0.920. The topological polar surface area (TPSA) is 12.0 Å². The first-order valence-electron chi connectivity index (χ1n) is 8.36. The number of aryl methyl sites for hydroxylation is 1. The van der Waals surface area contributed by atoms with Gasteiger partial charge in [0.25, 0.3) is 0 Å². The van der Waals surface area contributed by atoms with Crippen LogP contribution in [0.2, 0.25) is 0 Å². The van der Waals surface area contributed by atoms with Crippen LogP contribution in [-0.2, 0) is 6.42 Å². The van der Waals surface area contributed by atoms with Crippen LogP contribution in [-0.4, -0.2) is 6.04 Å². The first kappa shape index (κ1) is 14.6. The van der Waals surface area contributed by atoms with Gasteiger partial charge in [-0.2, -0.15) is 0 Å². The predicted octanol–water partition coefficient (Wildman–Crippen LogP) is 5.32. The van der Waals surface area contributed by atoms with Gasteiger partial charge in [0.05, 0.1) is 0 Å². The molecule has 0 saturated heterocycles. The minimum atomic E-state index is 0.496. The molecule has 1 atom stereocenters. The van der Waals surface area contributed by atoms with Crippen molar-refractivity contribution in [1.29, 1.82) is 0 Å². The third-order valence-electron chi connectivity index (χ3n) is 5.44. The molecule has 20 heavy (non-hydrogen) atoms. The van der Waals surface area contributed by atoms with E-state index in [-0.39, 0.29) is 0 Å². The molecule has 2 aliphatic rings. The van der Waals surface area contributed by atoms with Crippen molar-refractivity contribution >= 4 is 11.3 Å². The fourth-order valence-corrected chi connectivity index (χ4v) is 5.06. The molecule has 1 N–H and O–H groups in total. The van der Waals surface area contributed by atoms with Crippen molar-refractivity contribution in [2.75, 3.05) is 0 Å². The molecule has 0 aliphatic heterocycles. The lowest BCUT2D eigenvalue weighted by Crippen LogP contribution is -2.39. The quantitative estimate of drug-likeness (QED) is 0.777. The summed E-state index contributed by atoms with van der Waals surface area (Å²) in [5.41, 5.74) is 2.11. The maximum atomic E-state index is 3.98. The van der Waals surface area contributed by atoms with Gasteiger partial charge in [0.15, 0.2) is 0 Å². The smallest absolute Gasteiger partial charge is 0.0333 e. The second kappa shape index (κ2) is 5.81. The maximum Gasteiger partial charge on any atom is 0.0333 e. The van der Waals surface area contributed by atoms with Crippen LogP contribution in [0.15, 0.2) is 11.4 Å². The van der Waals surface area contributed by atoms with Gasteiger partial charge < -0.3 is 5.32 Å². The number of hydrogen-bond acceptors (Lipinski definition) is 2. The lowest BCUT2D eigenvalue weighted by Gasteiger charge is -2.39. The number of hydrogen-bond donors (Lipinski definition) is 1. The van der Waals surface area contributed by atoms with E-state index < -0.39 is 0 Å². The Labute approximate surface area is 128 Å². The van der Waals surface area contributed by atoms with Crippen LogP contribution < -0.4 is 5.32 Å². The zero-order valence-electron chi connectivity index (χ0n) is 13.2. The summed E-state index contributed by atoms with van der Waals surface area (Å²) in [6, 6.07) is 3.75. The highest BCUT2D eigenvalue weighted by Gasteiger charge is 2.31. The fourth-order valence-electron chi connectivity index (χ4n) is 4.07. The van der Waals surface area contributed by atoms with Crippen molar-refractivity contribution in [1.82, 2.24) is 5.32 Å². The molecular formula is C18H29NS. The molecule has 1 heterocycles. The second-order valence-electron chi connectivity index (χ2n) is 7.83. The van der Waals surface area contributed by atoms with Gasteiger partial charge in [0, 0.05) is 17.0 Å². The number of thiophene rings is 1. The van der Waals surface area contributed by atoms with Crippen LogP contribution in [0.3, 0.4) is 0 Å². The normalized spacial score (nSPS) is 31.1. The van der Waals surface area contributed by atoms with Crippen LogP contribution in [0.4, 0.5) is 0 Å². The minimum absolute atomic E-state index is 0.496. The Morgan fingerprint density at radius 1 is 1.10 bits per heavy atom. The van der Waals surface area contributed by atoms with Crippen molar-refractivity contribution in [3.05, 3.63) is 21.9 Å². The van der Waals surface area contributed by atoms with E-state index in [2.05, 4.69) is 37.5 Å². The molecule has 112 valence electrons. The van der Waals surface area contributed by atoms with E-state index in [1.165, 1.54) is 44.9 Å². The molecular weight excluding hydrogens is 262 g/mol. The summed E-state index contributed by atoms with van der Waals surface area (Å²) in [6.07, 6.45) is 9.57. The molecule has 1 unspecified atom stereocenters. The summed E-state index contributed by atoms with van der Waals surface area (Å²) >= 11 is 1.95. The highest BCUT2D eigenvalue weighted by atomic mass is 32.1. The molecule has 0 aromatic carbocycles. The Bertz CT molecular complexity index is 435. The van der Waals surface area contributed by atoms with Crippen molar-refractivity contribution in [2.24, 2.45) is 11.3 Å². The highest BCUT2D eigenvalue weighted by molar-refractivity contribution is 7.10. The van der Waals surface area contributed by atoms with Crippen molar-refractivity contribution in [3.8, 4) is 0 Å². The van der Waals surface area contributed by atoms with Gasteiger partial charge in [-0.25, -0.2) is 0 Å². The summed E-state index contributed by atoms with van der Waals surface area (Å²) in [5, 5.41) is 6.26. The van der Waals surface area contributed by atoms with E-state index in [0.717, 1.165) is 12.0 Å². The molecule has 2 heteroatoms. The Balaban J connectivity index is 1.56. The molecule has 2 aliphatic carbocycles. The first-order valence-corrected chi connectivity index (χ1v) is 9.24. The van der Waals surface area contributed by atoms with Gasteiger partial charge in [-0.1, -0.05) is 20.8 Å². The van der Waals surface area contributed by atoms with E-state index in [4.69, 9.17) is 0 Å². The molecule has 1 aromatic rings. The van der Waals surface area contributed by atoms with Gasteiger partial charge in [0.1, 0.15) is 0 Å². The number of rotatable bonds is 2. The zero-order chi connectivity index (χ0) is 14.2. The van der Waals surface area contributed by atoms with Gasteiger partial charge in [0.2, 0.25) is 0 Å². The van der Waals surface area contributed by atoms with Crippen LogP contribution in [0.25, 0.3) is 0 Å². The van der Waals surface area contributed by atoms with Crippen molar-refractivity contribution in [2.45, 2.75) is 77.8 Å². The van der Waals surface area contributed by atoms with Crippen LogP contribution >= 0.6 is 11.3 Å². The Kier molecular flexibility index (Phi) is 4.24. The molecule has 0 radical (unpaired) electrons. The summed E-state index contributed by atoms with van der Waals surface area (Å²) in [7, 11) is 0. The molecule has 0 spiro atoms. The molecule has 3 rings (SSSR count). The average Bonchev–Trinajstić information content (AvgIpc) is 2.88. The third-order valence-corrected chi connectivity index (χ3v) is 6.44. The Morgan fingerprint density at radius 3 is 2.55 bits per heavy atom. The van der Waals surface area contributed by atoms with E-state index >= 15 is 0 Å². The van der Waals surface area contributed by atoms with Crippen LogP contribution in [0, 0.1) is 11.3 Å². The first-order chi connectivity index (χ1) is 9.54. The van der Waals surface area contributed by atoms with E-state index in [1.54, 1.807) is 10.4 Å². The van der Waals surface area contributed by atoms with Gasteiger partial charge in [-0.05, 0) is 73.3 Å². The van der Waals surface area contributed by atoms with Gasteiger partial charge >= 0.3 is 0 Å². The number of fused-ring (bicyclic) bond motifs is 1. The van der Waals surface area contributed by atoms with E-state index in [1.807, 2.05) is 11.3 Å². The standard InChI is InChI=1S/C18H29NS/c1-18(2,3)13-7-9-14(10-8-13)19-16-5-4-6-17-15(16)11-12-20-17/h11-14,16,19H,4-10H2,1-3H3. The zero-order valence-corrected chi connectivity index (χ0v) is 14.1. The molecule has 1 saturated carbocycles. The lowest BCUT2D eigenvalue weighted by molar-refractivity contribution is 0.154. The van der Waals surface area contributed by atoms with Crippen LogP contribution in [0.1, 0.15) is 75.8 Å². The summed E-state index contributed by atoms with van der Waals surface area (Å²) in [4.78, 5) is 1.64. The van der Waals surface area contributed by atoms with Crippen LogP contribution in [0.5, 0.6) is 0 Å². The predicted molar refractivity (Wildman–Crippen MR) is 88.3 cm³/mol. The summed E-state index contributed by atoms with van der Waals surface area (Å²) in [6.45, 7) is 7.22. The fraction of sp³-hybridized carbons (Fsp3) is 0.778. The SMILES string of the molecule is CC(C)(C)C1CCC(NC2CCCc3sccc32)CC1. The van der Waals surface area contributed by atoms with E-state index in [9.17, 15) is 0 Å². The molecule has 1 aromatic heterocycles. The largest absolute Gasteiger partial charge is 0.307 e. The van der Waals surface area contributed by atoms with Crippen molar-refractivity contribution < 1.29 is 0 Å². The maximum absolute atomic E-state index is 3.98. The monoisotopic (exact) mass is 291 g/mol. The minimum Gasteiger partial charge on any atom is -0.307 e. The molecule has 0 bridgehead atoms. The second-order valence-corrected chi connectivity index (χ2v) is 8.83. The lowest BCUT2D eigenvalue weighted by atomic mass is 9.71. The third kappa shape index (κ3) is 3.12. The Hall–Kier alpha value is -0.340. The highest BCUT2D eigenvalue weighted by Crippen LogP contribution is 2.39. The number of nitrogens with one attached hydrogen (secondary N) is 1. The van der Waals surface area contributed by atoms with E-state index in [0.29, 0.717) is 11.5 Å². The molecule has 1 fully saturated rings. The van der Waals surface area contributed by atoms with Gasteiger partial charge in [-0.3, -0.25) is 0 Å². The Morgan fingerprint density at radius 2 is 1.85 bits per heavy atom. The average molecular weight is 292 g/mol. The molecule has 0 amide bonds. The summed E-state index contributed by atoms with van der Waals surface area (Å²) < 4.78 is 0. The van der Waals surface area contributed by atoms with Crippen molar-refractivity contribution in [3.63, 3.8) is 0 Å². The molecule has 1 nitrogen and oxygen atoms in total.